The molecule has 0 aromatic carbocycles. The molecule has 0 atom stereocenters. The Hall–Kier alpha value is -2.22. The first-order valence-electron chi connectivity index (χ1n) is 6.72. The van der Waals surface area contributed by atoms with Gasteiger partial charge in [-0.3, -0.25) is 4.79 Å². The van der Waals surface area contributed by atoms with Crippen molar-refractivity contribution in [3.63, 3.8) is 0 Å². The van der Waals surface area contributed by atoms with E-state index >= 15 is 0 Å². The quantitative estimate of drug-likeness (QED) is 0.721. The number of nitrogens with zero attached hydrogens (tertiary/aromatic N) is 4. The van der Waals surface area contributed by atoms with Crippen molar-refractivity contribution in [3.05, 3.63) is 29.8 Å². The van der Waals surface area contributed by atoms with E-state index in [-0.39, 0.29) is 12.5 Å². The van der Waals surface area contributed by atoms with Gasteiger partial charge in [0.15, 0.2) is 5.82 Å². The van der Waals surface area contributed by atoms with E-state index < -0.39 is 0 Å². The van der Waals surface area contributed by atoms with Crippen molar-refractivity contribution in [3.8, 4) is 0 Å². The van der Waals surface area contributed by atoms with Gasteiger partial charge in [0.25, 0.3) is 5.91 Å². The summed E-state index contributed by atoms with van der Waals surface area (Å²) < 4.78 is 2.06. The number of carbonyl (C=O) groups excluding carboxylic acids is 1. The number of aromatic amines is 1. The summed E-state index contributed by atoms with van der Waals surface area (Å²) in [5, 5.41) is 19.6. The lowest BCUT2D eigenvalue weighted by Gasteiger charge is -2.25. The van der Waals surface area contributed by atoms with Crippen molar-refractivity contribution in [1.82, 2.24) is 35.8 Å². The van der Waals surface area contributed by atoms with Gasteiger partial charge in [0.1, 0.15) is 5.69 Å². The van der Waals surface area contributed by atoms with Crippen LogP contribution in [0.2, 0.25) is 0 Å². The molecule has 3 N–H and O–H groups in total. The van der Waals surface area contributed by atoms with Crippen LogP contribution in [0.1, 0.15) is 35.2 Å². The topological polar surface area (TPSA) is 101 Å². The van der Waals surface area contributed by atoms with E-state index in [0.717, 1.165) is 25.9 Å². The number of nitrogens with one attached hydrogen (secondary N) is 3. The molecule has 0 saturated carbocycles. The van der Waals surface area contributed by atoms with Gasteiger partial charge in [-0.25, -0.2) is 0 Å². The molecule has 1 saturated heterocycles. The Morgan fingerprint density at radius 1 is 1.45 bits per heavy atom. The standard InChI is InChI=1S/C12H17N7O/c20-12(14-8-11-15-17-18-16-11)10-2-1-7-19(10)9-3-5-13-6-4-9/h1-2,7,9,13H,3-6,8H2,(H,14,20)(H,15,16,17,18). The van der Waals surface area contributed by atoms with Crippen LogP contribution in [-0.2, 0) is 6.54 Å². The van der Waals surface area contributed by atoms with Gasteiger partial charge in [0.05, 0.1) is 6.54 Å². The highest BCUT2D eigenvalue weighted by atomic mass is 16.1. The Balaban J connectivity index is 1.67. The molecule has 8 nitrogen and oxygen atoms in total. The molecule has 1 aliphatic rings. The van der Waals surface area contributed by atoms with Gasteiger partial charge in [0.2, 0.25) is 0 Å². The van der Waals surface area contributed by atoms with E-state index in [9.17, 15) is 4.79 Å². The molecule has 8 heteroatoms. The van der Waals surface area contributed by atoms with Crippen molar-refractivity contribution in [2.45, 2.75) is 25.4 Å². The van der Waals surface area contributed by atoms with E-state index in [2.05, 4.69) is 35.8 Å². The van der Waals surface area contributed by atoms with Crippen molar-refractivity contribution >= 4 is 5.91 Å². The van der Waals surface area contributed by atoms with Gasteiger partial charge in [0, 0.05) is 12.2 Å². The Bertz CT molecular complexity index is 556. The average Bonchev–Trinajstić information content (AvgIpc) is 3.17. The fourth-order valence-corrected chi connectivity index (χ4v) is 2.50. The predicted octanol–water partition coefficient (Wildman–Crippen LogP) is -0.144. The SMILES string of the molecule is O=C(NCc1nn[nH]n1)c1cccn1C1CCNCC1. The number of carbonyl (C=O) groups is 1. The lowest BCUT2D eigenvalue weighted by molar-refractivity contribution is 0.0937. The molecule has 0 radical (unpaired) electrons. The summed E-state index contributed by atoms with van der Waals surface area (Å²) in [7, 11) is 0. The van der Waals surface area contributed by atoms with Gasteiger partial charge in [-0.05, 0) is 38.1 Å². The molecule has 20 heavy (non-hydrogen) atoms. The van der Waals surface area contributed by atoms with Crippen LogP contribution in [0.25, 0.3) is 0 Å². The average molecular weight is 275 g/mol. The molecule has 0 aliphatic carbocycles. The summed E-state index contributed by atoms with van der Waals surface area (Å²) in [6.45, 7) is 2.26. The summed E-state index contributed by atoms with van der Waals surface area (Å²) in [6.07, 6.45) is 4.05. The maximum absolute atomic E-state index is 12.2. The smallest absolute Gasteiger partial charge is 0.268 e. The van der Waals surface area contributed by atoms with Gasteiger partial charge < -0.3 is 15.2 Å². The van der Waals surface area contributed by atoms with E-state index in [0.29, 0.717) is 17.6 Å². The van der Waals surface area contributed by atoms with Crippen LogP contribution in [0, 0.1) is 0 Å². The molecule has 2 aromatic rings. The molecule has 0 spiro atoms. The Morgan fingerprint density at radius 3 is 3.05 bits per heavy atom. The van der Waals surface area contributed by atoms with Crippen molar-refractivity contribution in [1.29, 1.82) is 0 Å². The fourth-order valence-electron chi connectivity index (χ4n) is 2.50. The number of rotatable bonds is 4. The monoisotopic (exact) mass is 275 g/mol. The summed E-state index contributed by atoms with van der Waals surface area (Å²) in [4.78, 5) is 12.2. The minimum atomic E-state index is -0.113. The molecule has 3 heterocycles. The third-order valence-electron chi connectivity index (χ3n) is 3.51. The van der Waals surface area contributed by atoms with Crippen molar-refractivity contribution in [2.75, 3.05) is 13.1 Å². The number of piperidine rings is 1. The Labute approximate surface area is 115 Å². The zero-order valence-electron chi connectivity index (χ0n) is 11.0. The molecular formula is C12H17N7O. The van der Waals surface area contributed by atoms with Gasteiger partial charge in [-0.15, -0.1) is 10.2 Å². The lowest BCUT2D eigenvalue weighted by atomic mass is 10.1. The zero-order chi connectivity index (χ0) is 13.8. The minimum Gasteiger partial charge on any atom is -0.343 e. The van der Waals surface area contributed by atoms with E-state index in [1.165, 1.54) is 0 Å². The van der Waals surface area contributed by atoms with Crippen LogP contribution in [0.5, 0.6) is 0 Å². The summed E-state index contributed by atoms with van der Waals surface area (Å²) in [6, 6.07) is 4.14. The van der Waals surface area contributed by atoms with Crippen molar-refractivity contribution < 1.29 is 4.79 Å². The highest BCUT2D eigenvalue weighted by Gasteiger charge is 2.19. The number of tetrazole rings is 1. The fraction of sp³-hybridized carbons (Fsp3) is 0.500. The van der Waals surface area contributed by atoms with E-state index in [1.54, 1.807) is 0 Å². The second kappa shape index (κ2) is 5.83. The van der Waals surface area contributed by atoms with Gasteiger partial charge in [-0.2, -0.15) is 5.21 Å². The number of H-pyrrole nitrogens is 1. The molecule has 106 valence electrons. The van der Waals surface area contributed by atoms with Crippen LogP contribution in [0.15, 0.2) is 18.3 Å². The summed E-state index contributed by atoms with van der Waals surface area (Å²) in [5.74, 6) is 0.358. The Kier molecular flexibility index (Phi) is 3.73. The third kappa shape index (κ3) is 2.69. The highest BCUT2D eigenvalue weighted by molar-refractivity contribution is 5.92. The number of hydrogen-bond donors (Lipinski definition) is 3. The zero-order valence-corrected chi connectivity index (χ0v) is 11.0. The maximum atomic E-state index is 12.2. The molecule has 1 amide bonds. The molecule has 0 unspecified atom stereocenters. The molecular weight excluding hydrogens is 258 g/mol. The van der Waals surface area contributed by atoms with Crippen molar-refractivity contribution in [2.24, 2.45) is 0 Å². The maximum Gasteiger partial charge on any atom is 0.268 e. The normalized spacial score (nSPS) is 16.2. The largest absolute Gasteiger partial charge is 0.343 e. The molecule has 1 aliphatic heterocycles. The second-order valence-electron chi connectivity index (χ2n) is 4.79. The molecule has 0 bridgehead atoms. The Morgan fingerprint density at radius 2 is 2.30 bits per heavy atom. The first-order valence-corrected chi connectivity index (χ1v) is 6.72. The minimum absolute atomic E-state index is 0.113. The predicted molar refractivity (Wildman–Crippen MR) is 70.9 cm³/mol. The molecule has 3 rings (SSSR count). The van der Waals surface area contributed by atoms with Crippen LogP contribution in [0.4, 0.5) is 0 Å². The first kappa shape index (κ1) is 12.8. The van der Waals surface area contributed by atoms with Crippen LogP contribution in [0.3, 0.4) is 0 Å². The van der Waals surface area contributed by atoms with Crippen LogP contribution < -0.4 is 10.6 Å². The molecule has 1 fully saturated rings. The molecule has 2 aromatic heterocycles. The van der Waals surface area contributed by atoms with E-state index in [1.807, 2.05) is 18.3 Å². The summed E-state index contributed by atoms with van der Waals surface area (Å²) >= 11 is 0. The number of hydrogen-bond acceptors (Lipinski definition) is 5. The van der Waals surface area contributed by atoms with Crippen LogP contribution in [-0.4, -0.2) is 44.2 Å². The highest BCUT2D eigenvalue weighted by Crippen LogP contribution is 2.21. The summed E-state index contributed by atoms with van der Waals surface area (Å²) in [5.41, 5.74) is 0.681. The van der Waals surface area contributed by atoms with Gasteiger partial charge >= 0.3 is 0 Å². The lowest BCUT2D eigenvalue weighted by Crippen LogP contribution is -2.32. The number of aromatic nitrogens is 5. The first-order chi connectivity index (χ1) is 9.84. The van der Waals surface area contributed by atoms with Gasteiger partial charge in [-0.1, -0.05) is 5.21 Å². The van der Waals surface area contributed by atoms with E-state index in [4.69, 9.17) is 0 Å². The number of amides is 1. The third-order valence-corrected chi connectivity index (χ3v) is 3.51. The van der Waals surface area contributed by atoms with Crippen LogP contribution >= 0.6 is 0 Å². The second-order valence-corrected chi connectivity index (χ2v) is 4.79.